The molecule has 0 heterocycles. The normalized spacial score (nSPS) is 12.2. The Morgan fingerprint density at radius 2 is 1.20 bits per heavy atom. The van der Waals surface area contributed by atoms with Crippen LogP contribution in [-0.4, -0.2) is 48.3 Å². The first-order valence-electron chi connectivity index (χ1n) is 10.3. The summed E-state index contributed by atoms with van der Waals surface area (Å²) in [4.78, 5) is 24.1. The molecule has 0 atom stereocenters. The number of carbonyl (C=O) groups is 2. The molecule has 0 aliphatic rings. The number of unbranched alkanes of at least 4 members (excludes halogenated alkanes) is 4. The SMILES string of the molecule is CCC[CH2][Sn]([CH]=O)([CH2]CCC)[O][Sn]([CH2]CCC)([CH2]CCC)[O]C(C)=O. The van der Waals surface area contributed by atoms with Crippen molar-refractivity contribution >= 4 is 48.3 Å². The van der Waals surface area contributed by atoms with E-state index < -0.39 is 38.0 Å². The third-order valence-corrected chi connectivity index (χ3v) is 38.1. The van der Waals surface area contributed by atoms with Crippen LogP contribution in [0.2, 0.25) is 17.7 Å². The molecule has 25 heavy (non-hydrogen) atoms. The molecule has 0 saturated heterocycles. The van der Waals surface area contributed by atoms with E-state index in [-0.39, 0.29) is 5.97 Å². The summed E-state index contributed by atoms with van der Waals surface area (Å²) in [6.45, 7) is 10.2. The fourth-order valence-corrected chi connectivity index (χ4v) is 45.2. The topological polar surface area (TPSA) is 52.6 Å². The van der Waals surface area contributed by atoms with E-state index in [1.807, 2.05) is 0 Å². The zero-order valence-corrected chi connectivity index (χ0v) is 22.9. The van der Waals surface area contributed by atoms with Gasteiger partial charge in [0.2, 0.25) is 0 Å². The van der Waals surface area contributed by atoms with Gasteiger partial charge in [0.15, 0.2) is 0 Å². The zero-order valence-electron chi connectivity index (χ0n) is 17.2. The minimum atomic E-state index is -3.55. The molecule has 0 aromatic heterocycles. The van der Waals surface area contributed by atoms with E-state index in [2.05, 4.69) is 27.7 Å². The van der Waals surface area contributed by atoms with Gasteiger partial charge in [-0.05, 0) is 0 Å². The molecule has 0 aliphatic carbocycles. The molecule has 6 heteroatoms. The third-order valence-electron chi connectivity index (χ3n) is 4.66. The Labute approximate surface area is 165 Å². The molecule has 0 aromatic rings. The summed E-state index contributed by atoms with van der Waals surface area (Å²) in [7, 11) is 0. The van der Waals surface area contributed by atoms with Crippen LogP contribution in [0.1, 0.15) is 86.0 Å². The molecule has 0 N–H and O–H groups in total. The Hall–Kier alpha value is 0.697. The maximum absolute atomic E-state index is 12.2. The van der Waals surface area contributed by atoms with Crippen molar-refractivity contribution in [3.63, 3.8) is 0 Å². The van der Waals surface area contributed by atoms with Gasteiger partial charge in [-0.15, -0.1) is 0 Å². The van der Waals surface area contributed by atoms with Gasteiger partial charge in [-0.2, -0.15) is 0 Å². The second-order valence-electron chi connectivity index (χ2n) is 7.20. The first-order valence-corrected chi connectivity index (χ1v) is 23.5. The summed E-state index contributed by atoms with van der Waals surface area (Å²) in [6, 6.07) is 0. The summed E-state index contributed by atoms with van der Waals surface area (Å²) in [5, 5.41) is 0. The van der Waals surface area contributed by atoms with Crippen molar-refractivity contribution in [2.75, 3.05) is 0 Å². The van der Waals surface area contributed by atoms with Gasteiger partial charge in [0.25, 0.3) is 0 Å². The van der Waals surface area contributed by atoms with Gasteiger partial charge in [0.1, 0.15) is 0 Å². The van der Waals surface area contributed by atoms with E-state index >= 15 is 0 Å². The summed E-state index contributed by atoms with van der Waals surface area (Å²) in [6.07, 6.45) is 8.50. The van der Waals surface area contributed by atoms with E-state index in [0.29, 0.717) is 0 Å². The number of hydrogen-bond donors (Lipinski definition) is 0. The van der Waals surface area contributed by atoms with Crippen LogP contribution in [0.5, 0.6) is 0 Å². The molecule has 148 valence electrons. The summed E-state index contributed by atoms with van der Waals surface area (Å²) < 4.78 is 17.9. The quantitative estimate of drug-likeness (QED) is 0.171. The molecular weight excluding hydrogens is 530 g/mol. The molecule has 4 nitrogen and oxygen atoms in total. The molecule has 0 radical (unpaired) electrons. The van der Waals surface area contributed by atoms with Crippen LogP contribution in [0.15, 0.2) is 0 Å². The average Bonchev–Trinajstić information content (AvgIpc) is 2.60. The second kappa shape index (κ2) is 14.7. The number of hydrogen-bond acceptors (Lipinski definition) is 4. The molecule has 0 unspecified atom stereocenters. The molecule has 0 spiro atoms. The minimum absolute atomic E-state index is 0.208. The molecule has 0 amide bonds. The average molecular weight is 570 g/mol. The Morgan fingerprint density at radius 3 is 1.52 bits per heavy atom. The van der Waals surface area contributed by atoms with Crippen LogP contribution < -0.4 is 0 Å². The van der Waals surface area contributed by atoms with Gasteiger partial charge in [-0.3, -0.25) is 0 Å². The van der Waals surface area contributed by atoms with Crippen molar-refractivity contribution < 1.29 is 14.1 Å². The molecular formula is C19H40O4Sn2. The summed E-state index contributed by atoms with van der Waals surface area (Å²) in [5.74, 6) is -0.208. The first-order chi connectivity index (χ1) is 11.9. The van der Waals surface area contributed by atoms with Crippen molar-refractivity contribution in [3.05, 3.63) is 0 Å². The van der Waals surface area contributed by atoms with E-state index in [1.165, 1.54) is 11.2 Å². The standard InChI is InChI=1S/4C4H9.C2H4O2.CHO.O.2Sn/c4*1-3-4-2;1-2(3)4;1-2;;;/h4*1,3-4H2,2H3;1H3,(H,3,4);1H;;;/q;;;;;;;;+1/p-1. The molecule has 0 fully saturated rings. The van der Waals surface area contributed by atoms with Gasteiger partial charge in [-0.25, -0.2) is 0 Å². The van der Waals surface area contributed by atoms with Crippen LogP contribution >= 0.6 is 0 Å². The predicted molar refractivity (Wildman–Crippen MR) is 110 cm³/mol. The Bertz CT molecular complexity index is 358. The summed E-state index contributed by atoms with van der Waals surface area (Å²) in [5.41, 5.74) is 0. The van der Waals surface area contributed by atoms with Crippen molar-refractivity contribution in [3.8, 4) is 0 Å². The molecule has 0 aromatic carbocycles. The van der Waals surface area contributed by atoms with E-state index in [4.69, 9.17) is 4.49 Å². The van der Waals surface area contributed by atoms with Crippen molar-refractivity contribution in [1.82, 2.24) is 0 Å². The van der Waals surface area contributed by atoms with Crippen molar-refractivity contribution in [2.45, 2.75) is 104 Å². The Kier molecular flexibility index (Phi) is 15.1. The van der Waals surface area contributed by atoms with Crippen molar-refractivity contribution in [2.24, 2.45) is 0 Å². The van der Waals surface area contributed by atoms with Crippen LogP contribution in [0.25, 0.3) is 0 Å². The second-order valence-corrected chi connectivity index (χ2v) is 29.9. The fourth-order valence-electron chi connectivity index (χ4n) is 3.20. The van der Waals surface area contributed by atoms with Crippen molar-refractivity contribution in [1.29, 1.82) is 0 Å². The van der Waals surface area contributed by atoms with E-state index in [1.54, 1.807) is 0 Å². The maximum atomic E-state index is 12.2. The Balaban J connectivity index is 5.61. The fraction of sp³-hybridized carbons (Fsp3) is 0.895. The van der Waals surface area contributed by atoms with Gasteiger partial charge < -0.3 is 0 Å². The number of rotatable bonds is 16. The van der Waals surface area contributed by atoms with Gasteiger partial charge >= 0.3 is 166 Å². The molecule has 0 aliphatic heterocycles. The third kappa shape index (κ3) is 10.6. The van der Waals surface area contributed by atoms with E-state index in [0.717, 1.165) is 69.1 Å². The molecule has 0 rings (SSSR count). The monoisotopic (exact) mass is 572 g/mol. The molecule has 0 bridgehead atoms. The zero-order chi connectivity index (χ0) is 19.2. The van der Waals surface area contributed by atoms with Crippen LogP contribution in [0.3, 0.4) is 0 Å². The number of carbonyl (C=O) groups excluding carboxylic acids is 2. The first kappa shape index (κ1) is 25.7. The van der Waals surface area contributed by atoms with Gasteiger partial charge in [0, 0.05) is 0 Å². The van der Waals surface area contributed by atoms with Gasteiger partial charge in [-0.1, -0.05) is 0 Å². The van der Waals surface area contributed by atoms with Crippen LogP contribution in [0.4, 0.5) is 0 Å². The molecule has 0 saturated carbocycles. The van der Waals surface area contributed by atoms with E-state index in [9.17, 15) is 9.59 Å². The van der Waals surface area contributed by atoms with Crippen LogP contribution in [-0.2, 0) is 14.1 Å². The Morgan fingerprint density at radius 1 is 0.800 bits per heavy atom. The predicted octanol–water partition coefficient (Wildman–Crippen LogP) is 5.93. The summed E-state index contributed by atoms with van der Waals surface area (Å²) >= 11 is -6.91. The van der Waals surface area contributed by atoms with Crippen LogP contribution in [0, 0.1) is 0 Å². The van der Waals surface area contributed by atoms with Gasteiger partial charge in [0.05, 0.1) is 0 Å².